The summed E-state index contributed by atoms with van der Waals surface area (Å²) in [5.41, 5.74) is 24.1. The first kappa shape index (κ1) is 38.3. The van der Waals surface area contributed by atoms with Crippen molar-refractivity contribution in [1.29, 1.82) is 0 Å². The Kier molecular flexibility index (Phi) is 8.51. The smallest absolute Gasteiger partial charge is 0.0733 e. The highest BCUT2D eigenvalue weighted by Crippen LogP contribution is 2.66. The van der Waals surface area contributed by atoms with Crippen molar-refractivity contribution in [3.8, 4) is 44.5 Å². The van der Waals surface area contributed by atoms with Crippen molar-refractivity contribution >= 4 is 34.1 Å². The van der Waals surface area contributed by atoms with Crippen LogP contribution >= 0.6 is 0 Å². The van der Waals surface area contributed by atoms with Crippen LogP contribution < -0.4 is 9.80 Å². The van der Waals surface area contributed by atoms with Crippen LogP contribution in [-0.4, -0.2) is 0 Å². The molecule has 3 aliphatic rings. The van der Waals surface area contributed by atoms with Crippen LogP contribution in [-0.2, 0) is 10.8 Å². The van der Waals surface area contributed by atoms with Crippen LogP contribution in [0.2, 0.25) is 0 Å². The summed E-state index contributed by atoms with van der Waals surface area (Å²) in [6, 6.07) is 90.1. The molecule has 0 fully saturated rings. The second kappa shape index (κ2) is 14.7. The minimum atomic E-state index is -0.641. The summed E-state index contributed by atoms with van der Waals surface area (Å²) in [6.07, 6.45) is 0. The van der Waals surface area contributed by atoms with Gasteiger partial charge in [0.15, 0.2) is 0 Å². The molecule has 0 radical (unpaired) electrons. The number of hydrogen-bond acceptors (Lipinski definition) is 2. The van der Waals surface area contributed by atoms with Crippen molar-refractivity contribution in [3.05, 3.63) is 276 Å². The highest BCUT2D eigenvalue weighted by molar-refractivity contribution is 6.04. The molecule has 0 saturated heterocycles. The van der Waals surface area contributed by atoms with Crippen molar-refractivity contribution in [1.82, 2.24) is 0 Å². The minimum absolute atomic E-state index is 0.135. The summed E-state index contributed by atoms with van der Waals surface area (Å²) >= 11 is 0. The third-order valence-corrected chi connectivity index (χ3v) is 14.6. The number of anilines is 6. The van der Waals surface area contributed by atoms with Crippen molar-refractivity contribution in [3.63, 3.8) is 0 Å². The lowest BCUT2D eigenvalue weighted by molar-refractivity contribution is 0.660. The van der Waals surface area contributed by atoms with Gasteiger partial charge < -0.3 is 9.80 Å². The molecule has 0 saturated carbocycles. The lowest BCUT2D eigenvalue weighted by atomic mass is 9.68. The molecule has 1 atom stereocenters. The largest absolute Gasteiger partial charge is 0.310 e. The number of fused-ring (bicyclic) bond motifs is 13. The normalized spacial score (nSPS) is 15.3. The Morgan fingerprint density at radius 2 is 0.682 bits per heavy atom. The predicted molar refractivity (Wildman–Crippen MR) is 275 cm³/mol. The molecular formula is C64H46N2. The van der Waals surface area contributed by atoms with Gasteiger partial charge in [0.05, 0.1) is 11.1 Å². The Balaban J connectivity index is 1.11. The third-order valence-electron chi connectivity index (χ3n) is 14.6. The van der Waals surface area contributed by atoms with Gasteiger partial charge in [-0.05, 0) is 139 Å². The summed E-state index contributed by atoms with van der Waals surface area (Å²) in [4.78, 5) is 4.92. The zero-order valence-corrected chi connectivity index (χ0v) is 37.0. The summed E-state index contributed by atoms with van der Waals surface area (Å²) in [7, 11) is 0. The van der Waals surface area contributed by atoms with E-state index in [9.17, 15) is 0 Å². The molecule has 0 amide bonds. The van der Waals surface area contributed by atoms with E-state index in [1.54, 1.807) is 0 Å². The van der Waals surface area contributed by atoms with E-state index in [1.165, 1.54) is 77.9 Å². The number of hydrogen-bond donors (Lipinski definition) is 0. The van der Waals surface area contributed by atoms with Gasteiger partial charge in [-0.2, -0.15) is 0 Å². The summed E-state index contributed by atoms with van der Waals surface area (Å²) in [5.74, 6) is 0. The van der Waals surface area contributed by atoms with Gasteiger partial charge in [0.2, 0.25) is 0 Å². The van der Waals surface area contributed by atoms with Crippen molar-refractivity contribution < 1.29 is 0 Å². The molecule has 1 unspecified atom stereocenters. The zero-order valence-electron chi connectivity index (χ0n) is 37.0. The van der Waals surface area contributed by atoms with Gasteiger partial charge in [0, 0.05) is 39.4 Å². The topological polar surface area (TPSA) is 6.48 Å². The van der Waals surface area contributed by atoms with Crippen LogP contribution in [0.5, 0.6) is 0 Å². The van der Waals surface area contributed by atoms with Crippen LogP contribution in [0.4, 0.5) is 34.1 Å². The van der Waals surface area contributed by atoms with Crippen LogP contribution in [0, 0.1) is 0 Å². The molecule has 0 bridgehead atoms. The van der Waals surface area contributed by atoms with E-state index in [0.717, 1.165) is 34.1 Å². The molecule has 312 valence electrons. The van der Waals surface area contributed by atoms with Gasteiger partial charge in [-0.1, -0.05) is 190 Å². The third kappa shape index (κ3) is 5.42. The summed E-state index contributed by atoms with van der Waals surface area (Å²) < 4.78 is 0. The van der Waals surface area contributed by atoms with E-state index >= 15 is 0 Å². The highest BCUT2D eigenvalue weighted by atomic mass is 15.1. The first-order valence-electron chi connectivity index (χ1n) is 23.1. The first-order chi connectivity index (χ1) is 32.5. The van der Waals surface area contributed by atoms with E-state index in [-0.39, 0.29) is 5.41 Å². The van der Waals surface area contributed by atoms with Gasteiger partial charge in [-0.25, -0.2) is 0 Å². The Morgan fingerprint density at radius 1 is 0.288 bits per heavy atom. The standard InChI is InChI=1S/C64H46N2/c1-63(2)55-32-18-15-29-49(55)52-37-35-47(41-58(52)63)65(44-23-9-4-10-24-44)48-36-38-53-50-30-16-19-33-56(50)64(59(53)42-48)57-34-20-17-31-51(57)54-39-40-60(61(62(54)64)43-21-7-3-8-22-43)66(45-25-11-5-12-26-45)46-27-13-6-14-28-46/h3-42H,1-2H3. The van der Waals surface area contributed by atoms with Gasteiger partial charge in [-0.15, -0.1) is 0 Å². The number of benzene rings is 10. The number of rotatable bonds is 7. The van der Waals surface area contributed by atoms with Crippen LogP contribution in [0.3, 0.4) is 0 Å². The van der Waals surface area contributed by atoms with Crippen molar-refractivity contribution in [2.75, 3.05) is 9.80 Å². The second-order valence-electron chi connectivity index (χ2n) is 18.4. The molecule has 10 aromatic rings. The van der Waals surface area contributed by atoms with Gasteiger partial charge >= 0.3 is 0 Å². The molecule has 0 aromatic heterocycles. The van der Waals surface area contributed by atoms with E-state index in [0.29, 0.717) is 0 Å². The molecular weight excluding hydrogens is 797 g/mol. The highest BCUT2D eigenvalue weighted by Gasteiger charge is 2.53. The van der Waals surface area contributed by atoms with Gasteiger partial charge in [0.25, 0.3) is 0 Å². The minimum Gasteiger partial charge on any atom is -0.310 e. The SMILES string of the molecule is CC1(C)c2ccccc2-c2ccc(N(c3ccccc3)c3ccc4c(c3)C3(c5ccccc5-4)c4ccccc4-c4ccc(N(c5ccccc5)c5ccccc5)c(-c5ccccc5)c43)cc21. The quantitative estimate of drug-likeness (QED) is 0.158. The summed E-state index contributed by atoms with van der Waals surface area (Å²) in [6.45, 7) is 4.74. The second-order valence-corrected chi connectivity index (χ2v) is 18.4. The fourth-order valence-corrected chi connectivity index (χ4v) is 11.9. The lowest BCUT2D eigenvalue weighted by Crippen LogP contribution is -2.27. The average Bonchev–Trinajstić information content (AvgIpc) is 3.93. The average molecular weight is 843 g/mol. The Labute approximate surface area is 387 Å². The van der Waals surface area contributed by atoms with E-state index in [2.05, 4.69) is 266 Å². The maximum Gasteiger partial charge on any atom is 0.0733 e. The Bertz CT molecular complexity index is 3450. The van der Waals surface area contributed by atoms with Gasteiger partial charge in [-0.3, -0.25) is 0 Å². The molecule has 1 spiro atoms. The van der Waals surface area contributed by atoms with Crippen LogP contribution in [0.25, 0.3) is 44.5 Å². The first-order valence-corrected chi connectivity index (χ1v) is 23.1. The molecule has 0 heterocycles. The molecule has 13 rings (SSSR count). The van der Waals surface area contributed by atoms with Crippen molar-refractivity contribution in [2.24, 2.45) is 0 Å². The Hall–Kier alpha value is -8.20. The Morgan fingerprint density at radius 3 is 1.24 bits per heavy atom. The predicted octanol–water partition coefficient (Wildman–Crippen LogP) is 16.9. The maximum atomic E-state index is 2.52. The van der Waals surface area contributed by atoms with E-state index in [4.69, 9.17) is 0 Å². The number of para-hydroxylation sites is 3. The molecule has 3 aliphatic carbocycles. The van der Waals surface area contributed by atoms with Crippen molar-refractivity contribution in [2.45, 2.75) is 24.7 Å². The van der Waals surface area contributed by atoms with Crippen LogP contribution in [0.15, 0.2) is 243 Å². The lowest BCUT2D eigenvalue weighted by Gasteiger charge is -2.36. The van der Waals surface area contributed by atoms with E-state index < -0.39 is 5.41 Å². The fourth-order valence-electron chi connectivity index (χ4n) is 11.9. The molecule has 0 aliphatic heterocycles. The molecule has 10 aromatic carbocycles. The van der Waals surface area contributed by atoms with Gasteiger partial charge in [0.1, 0.15) is 0 Å². The monoisotopic (exact) mass is 842 g/mol. The summed E-state index contributed by atoms with van der Waals surface area (Å²) in [5, 5.41) is 0. The molecule has 0 N–H and O–H groups in total. The molecule has 66 heavy (non-hydrogen) atoms. The van der Waals surface area contributed by atoms with Crippen LogP contribution in [0.1, 0.15) is 47.2 Å². The fraction of sp³-hybridized carbons (Fsp3) is 0.0625. The zero-order chi connectivity index (χ0) is 44.0. The molecule has 2 heteroatoms. The van der Waals surface area contributed by atoms with E-state index in [1.807, 2.05) is 0 Å². The maximum absolute atomic E-state index is 2.52. The molecule has 2 nitrogen and oxygen atoms in total. The number of nitrogens with zero attached hydrogens (tertiary/aromatic N) is 2.